The van der Waals surface area contributed by atoms with Crippen LogP contribution in [0.1, 0.15) is 33.6 Å². The Kier molecular flexibility index (Phi) is 3.14. The fourth-order valence-corrected chi connectivity index (χ4v) is 6.67. The monoisotopic (exact) mass is 298 g/mol. The molecule has 3 aliphatic rings. The average molecular weight is 298 g/mol. The summed E-state index contributed by atoms with van der Waals surface area (Å²) in [6.45, 7) is 6.95. The number of esters is 1. The van der Waals surface area contributed by atoms with Gasteiger partial charge in [-0.3, -0.25) is 4.21 Å². The molecule has 0 aromatic heterocycles. The molecule has 1 heterocycles. The Morgan fingerprint density at radius 3 is 2.65 bits per heavy atom. The topological polar surface area (TPSA) is 52.6 Å². The van der Waals surface area contributed by atoms with Crippen molar-refractivity contribution in [1.29, 1.82) is 0 Å². The minimum Gasteiger partial charge on any atom is -0.457 e. The van der Waals surface area contributed by atoms with E-state index in [2.05, 4.69) is 20.8 Å². The lowest BCUT2D eigenvalue weighted by Gasteiger charge is -2.39. The fraction of sp³-hybridized carbons (Fsp3) is 0.800. The van der Waals surface area contributed by atoms with Gasteiger partial charge >= 0.3 is 5.97 Å². The third-order valence-corrected chi connectivity index (χ3v) is 7.91. The van der Waals surface area contributed by atoms with Crippen molar-refractivity contribution in [3.8, 4) is 0 Å². The van der Waals surface area contributed by atoms with Crippen molar-refractivity contribution in [2.45, 2.75) is 45.0 Å². The summed E-state index contributed by atoms with van der Waals surface area (Å²) in [7, 11) is 0.507. The van der Waals surface area contributed by atoms with E-state index in [1.165, 1.54) is 6.08 Å². The van der Waals surface area contributed by atoms with Gasteiger partial charge in [-0.05, 0) is 24.2 Å². The van der Waals surface area contributed by atoms with Gasteiger partial charge in [-0.1, -0.05) is 20.8 Å². The normalized spacial score (nSPS) is 43.5. The van der Waals surface area contributed by atoms with E-state index in [-0.39, 0.29) is 34.8 Å². The second-order valence-electron chi connectivity index (χ2n) is 6.92. The van der Waals surface area contributed by atoms with Crippen molar-refractivity contribution in [1.82, 2.24) is 0 Å². The molecule has 2 aliphatic carbocycles. The second-order valence-corrected chi connectivity index (χ2v) is 8.58. The van der Waals surface area contributed by atoms with E-state index in [0.717, 1.165) is 12.8 Å². The molecule has 2 fully saturated rings. The van der Waals surface area contributed by atoms with Crippen molar-refractivity contribution in [3.05, 3.63) is 11.0 Å². The Bertz CT molecular complexity index is 510. The molecule has 5 heteroatoms. The molecule has 20 heavy (non-hydrogen) atoms. The van der Waals surface area contributed by atoms with E-state index in [9.17, 15) is 9.00 Å². The van der Waals surface area contributed by atoms with Gasteiger partial charge in [0.2, 0.25) is 0 Å². The molecule has 1 aliphatic heterocycles. The molecule has 0 saturated heterocycles. The number of hydrogen-bond donors (Lipinski definition) is 0. The summed E-state index contributed by atoms with van der Waals surface area (Å²) < 4.78 is 23.6. The minimum atomic E-state index is -1.20. The lowest BCUT2D eigenvalue weighted by atomic mass is 9.70. The molecular weight excluding hydrogens is 276 g/mol. The van der Waals surface area contributed by atoms with Crippen LogP contribution in [-0.4, -0.2) is 35.2 Å². The zero-order chi connectivity index (χ0) is 14.7. The largest absolute Gasteiger partial charge is 0.457 e. The van der Waals surface area contributed by atoms with E-state index in [1.807, 2.05) is 0 Å². The summed E-state index contributed by atoms with van der Waals surface area (Å²) >= 11 is 0. The summed E-state index contributed by atoms with van der Waals surface area (Å²) in [5, 5.41) is -0.0329. The fourth-order valence-electron chi connectivity index (χ4n) is 4.52. The van der Waals surface area contributed by atoms with Crippen LogP contribution in [0.25, 0.3) is 0 Å². The average Bonchev–Trinajstić information content (AvgIpc) is 2.96. The number of fused-ring (bicyclic) bond motifs is 2. The van der Waals surface area contributed by atoms with Crippen molar-refractivity contribution in [2.24, 2.45) is 16.7 Å². The third-order valence-electron chi connectivity index (χ3n) is 6.09. The highest BCUT2D eigenvalue weighted by Crippen LogP contribution is 2.67. The predicted octanol–water partition coefficient (Wildman–Crippen LogP) is 2.02. The van der Waals surface area contributed by atoms with Crippen LogP contribution in [0.5, 0.6) is 0 Å². The number of carbonyl (C=O) groups is 1. The van der Waals surface area contributed by atoms with E-state index in [1.54, 1.807) is 7.11 Å². The quantitative estimate of drug-likeness (QED) is 0.748. The van der Waals surface area contributed by atoms with Crippen LogP contribution >= 0.6 is 0 Å². The molecule has 3 rings (SSSR count). The standard InChI is InChI=1S/C15H22O4S/c1-14(2)10-5-6-15(14,3)13(18-4)12(10)20(17)9-7-11(16)19-8-9/h7,10,12-13H,5-6,8H2,1-4H3/t10-,12-,13-,15-,20?/m1/s1. The number of hydrogen-bond acceptors (Lipinski definition) is 4. The lowest BCUT2D eigenvalue weighted by Crippen LogP contribution is -2.43. The van der Waals surface area contributed by atoms with Crippen molar-refractivity contribution < 1.29 is 18.5 Å². The molecule has 2 bridgehead atoms. The molecule has 0 radical (unpaired) electrons. The number of methoxy groups -OCH3 is 1. The van der Waals surface area contributed by atoms with Crippen LogP contribution in [0, 0.1) is 16.7 Å². The number of carbonyl (C=O) groups excluding carboxylic acids is 1. The maximum Gasteiger partial charge on any atom is 0.332 e. The van der Waals surface area contributed by atoms with Gasteiger partial charge in [-0.15, -0.1) is 0 Å². The Labute approximate surface area is 122 Å². The smallest absolute Gasteiger partial charge is 0.332 e. The third kappa shape index (κ3) is 1.62. The minimum absolute atomic E-state index is 0.0197. The van der Waals surface area contributed by atoms with Crippen LogP contribution in [0.4, 0.5) is 0 Å². The van der Waals surface area contributed by atoms with Crippen LogP contribution in [0.15, 0.2) is 11.0 Å². The number of rotatable bonds is 3. The van der Waals surface area contributed by atoms with E-state index >= 15 is 0 Å². The lowest BCUT2D eigenvalue weighted by molar-refractivity contribution is -0.134. The molecule has 1 unspecified atom stereocenters. The molecule has 0 aromatic carbocycles. The first-order chi connectivity index (χ1) is 9.33. The van der Waals surface area contributed by atoms with Crippen LogP contribution in [0.3, 0.4) is 0 Å². The van der Waals surface area contributed by atoms with E-state index < -0.39 is 10.8 Å². The summed E-state index contributed by atoms with van der Waals surface area (Å²) in [6.07, 6.45) is 3.57. The maximum atomic E-state index is 12.9. The maximum absolute atomic E-state index is 12.9. The molecule has 0 spiro atoms. The molecular formula is C15H22O4S. The summed E-state index contributed by atoms with van der Waals surface area (Å²) in [5.41, 5.74) is 0.162. The SMILES string of the molecule is CO[C@@H]1[C@H](S(=O)C2=CC(=O)OC2)[C@H]2CC[C@@]1(C)C2(C)C. The predicted molar refractivity (Wildman–Crippen MR) is 76.4 cm³/mol. The molecule has 0 amide bonds. The van der Waals surface area contributed by atoms with Gasteiger partial charge in [0.25, 0.3) is 0 Å². The van der Waals surface area contributed by atoms with Gasteiger partial charge in [0, 0.05) is 18.6 Å². The Hall–Kier alpha value is -0.680. The van der Waals surface area contributed by atoms with Gasteiger partial charge in [0.05, 0.1) is 27.1 Å². The van der Waals surface area contributed by atoms with Gasteiger partial charge in [0.15, 0.2) is 0 Å². The molecule has 112 valence electrons. The highest BCUT2D eigenvalue weighted by atomic mass is 32.2. The zero-order valence-electron chi connectivity index (χ0n) is 12.5. The van der Waals surface area contributed by atoms with Gasteiger partial charge < -0.3 is 9.47 Å². The first-order valence-corrected chi connectivity index (χ1v) is 8.35. The Morgan fingerprint density at radius 1 is 1.40 bits per heavy atom. The van der Waals surface area contributed by atoms with Gasteiger partial charge in [-0.25, -0.2) is 4.79 Å². The molecule has 5 atom stereocenters. The van der Waals surface area contributed by atoms with Crippen molar-refractivity contribution >= 4 is 16.8 Å². The summed E-state index contributed by atoms with van der Waals surface area (Å²) in [4.78, 5) is 11.8. The number of ether oxygens (including phenoxy) is 2. The van der Waals surface area contributed by atoms with Crippen LogP contribution in [0.2, 0.25) is 0 Å². The zero-order valence-corrected chi connectivity index (χ0v) is 13.3. The molecule has 2 saturated carbocycles. The summed E-state index contributed by atoms with van der Waals surface area (Å²) in [6, 6.07) is 0. The van der Waals surface area contributed by atoms with E-state index in [4.69, 9.17) is 9.47 Å². The highest BCUT2D eigenvalue weighted by Gasteiger charge is 2.68. The van der Waals surface area contributed by atoms with Crippen LogP contribution in [-0.2, 0) is 25.1 Å². The Morgan fingerprint density at radius 2 is 2.10 bits per heavy atom. The second kappa shape index (κ2) is 4.41. The Balaban J connectivity index is 1.96. The molecule has 0 N–H and O–H groups in total. The highest BCUT2D eigenvalue weighted by molar-refractivity contribution is 7.89. The van der Waals surface area contributed by atoms with Crippen molar-refractivity contribution in [2.75, 3.05) is 13.7 Å². The molecule has 0 aromatic rings. The summed E-state index contributed by atoms with van der Waals surface area (Å²) in [5.74, 6) is -0.00849. The van der Waals surface area contributed by atoms with Gasteiger partial charge in [-0.2, -0.15) is 0 Å². The first-order valence-electron chi connectivity index (χ1n) is 7.13. The van der Waals surface area contributed by atoms with Crippen LogP contribution < -0.4 is 0 Å². The van der Waals surface area contributed by atoms with Crippen molar-refractivity contribution in [3.63, 3.8) is 0 Å². The van der Waals surface area contributed by atoms with Gasteiger partial charge in [0.1, 0.15) is 6.61 Å². The van der Waals surface area contributed by atoms with E-state index in [0.29, 0.717) is 10.8 Å². The first kappa shape index (κ1) is 14.3. The number of cyclic esters (lactones) is 1. The molecule has 4 nitrogen and oxygen atoms in total.